The maximum atomic E-state index is 13.0. The first-order valence-electron chi connectivity index (χ1n) is 6.31. The molecule has 20 heavy (non-hydrogen) atoms. The van der Waals surface area contributed by atoms with Crippen molar-refractivity contribution in [2.45, 2.75) is 37.1 Å². The second-order valence-electron chi connectivity index (χ2n) is 5.08. The molecule has 0 saturated heterocycles. The molecule has 1 saturated carbocycles. The Morgan fingerprint density at radius 3 is 2.65 bits per heavy atom. The molecular weight excluding hydrogens is 285 g/mol. The standard InChI is InChI=1S/C13H16FNO4S/c1-8-6-10(14)3-5-12(8)20(18,19)15-11-4-2-9(7-11)13(16)17/h3,5-6,9,11,15H,2,4,7H2,1H3,(H,16,17)/t9-,11+/m0/s1. The Morgan fingerprint density at radius 1 is 1.40 bits per heavy atom. The van der Waals surface area contributed by atoms with Crippen molar-refractivity contribution in [2.75, 3.05) is 0 Å². The molecule has 0 unspecified atom stereocenters. The van der Waals surface area contributed by atoms with Gasteiger partial charge in [-0.3, -0.25) is 4.79 Å². The summed E-state index contributed by atoms with van der Waals surface area (Å²) in [5.74, 6) is -1.89. The van der Waals surface area contributed by atoms with Gasteiger partial charge in [-0.1, -0.05) is 0 Å². The van der Waals surface area contributed by atoms with Crippen LogP contribution in [0.2, 0.25) is 0 Å². The second-order valence-corrected chi connectivity index (χ2v) is 6.76. The average molecular weight is 301 g/mol. The van der Waals surface area contributed by atoms with E-state index in [-0.39, 0.29) is 17.4 Å². The van der Waals surface area contributed by atoms with Crippen LogP contribution in [0.1, 0.15) is 24.8 Å². The third-order valence-electron chi connectivity index (χ3n) is 3.53. The van der Waals surface area contributed by atoms with E-state index in [0.29, 0.717) is 18.4 Å². The molecule has 2 N–H and O–H groups in total. The lowest BCUT2D eigenvalue weighted by atomic mass is 10.1. The predicted molar refractivity (Wildman–Crippen MR) is 70.2 cm³/mol. The number of carboxylic acid groups (broad SMARTS) is 1. The molecule has 0 aromatic heterocycles. The molecule has 1 aromatic rings. The smallest absolute Gasteiger partial charge is 0.306 e. The Morgan fingerprint density at radius 2 is 2.10 bits per heavy atom. The summed E-state index contributed by atoms with van der Waals surface area (Å²) in [4.78, 5) is 10.9. The molecule has 0 radical (unpaired) electrons. The summed E-state index contributed by atoms with van der Waals surface area (Å²) in [5.41, 5.74) is 0.324. The van der Waals surface area contributed by atoms with Crippen molar-refractivity contribution in [2.24, 2.45) is 5.92 Å². The molecular formula is C13H16FNO4S. The number of hydrogen-bond acceptors (Lipinski definition) is 3. The fourth-order valence-corrected chi connectivity index (χ4v) is 4.02. The van der Waals surface area contributed by atoms with Crippen molar-refractivity contribution >= 4 is 16.0 Å². The molecule has 5 nitrogen and oxygen atoms in total. The van der Waals surface area contributed by atoms with Crippen LogP contribution in [0, 0.1) is 18.7 Å². The van der Waals surface area contributed by atoms with E-state index in [0.717, 1.165) is 12.1 Å². The minimum atomic E-state index is -3.75. The van der Waals surface area contributed by atoms with Crippen molar-refractivity contribution in [3.63, 3.8) is 0 Å². The molecule has 0 amide bonds. The van der Waals surface area contributed by atoms with Crippen molar-refractivity contribution in [3.05, 3.63) is 29.6 Å². The molecule has 1 aliphatic rings. The van der Waals surface area contributed by atoms with Crippen molar-refractivity contribution in [1.29, 1.82) is 0 Å². The topological polar surface area (TPSA) is 83.5 Å². The van der Waals surface area contributed by atoms with Crippen LogP contribution in [0.5, 0.6) is 0 Å². The van der Waals surface area contributed by atoms with Gasteiger partial charge in [0, 0.05) is 6.04 Å². The molecule has 1 aromatic carbocycles. The minimum Gasteiger partial charge on any atom is -0.481 e. The fourth-order valence-electron chi connectivity index (χ4n) is 2.51. The van der Waals surface area contributed by atoms with E-state index in [2.05, 4.69) is 4.72 Å². The van der Waals surface area contributed by atoms with Gasteiger partial charge in [0.2, 0.25) is 10.0 Å². The Labute approximate surface area is 116 Å². The van der Waals surface area contributed by atoms with Crippen LogP contribution < -0.4 is 4.72 Å². The van der Waals surface area contributed by atoms with Crippen LogP contribution in [-0.2, 0) is 14.8 Å². The van der Waals surface area contributed by atoms with E-state index in [1.165, 1.54) is 13.0 Å². The highest BCUT2D eigenvalue weighted by molar-refractivity contribution is 7.89. The number of aryl methyl sites for hydroxylation is 1. The summed E-state index contributed by atoms with van der Waals surface area (Å²) in [6.45, 7) is 1.52. The number of nitrogens with one attached hydrogen (secondary N) is 1. The zero-order valence-corrected chi connectivity index (χ0v) is 11.8. The van der Waals surface area contributed by atoms with Gasteiger partial charge < -0.3 is 5.11 Å². The van der Waals surface area contributed by atoms with Gasteiger partial charge in [-0.2, -0.15) is 0 Å². The van der Waals surface area contributed by atoms with Gasteiger partial charge in [0.25, 0.3) is 0 Å². The lowest BCUT2D eigenvalue weighted by Crippen LogP contribution is -2.33. The zero-order valence-electron chi connectivity index (χ0n) is 11.0. The van der Waals surface area contributed by atoms with Crippen LogP contribution in [0.15, 0.2) is 23.1 Å². The minimum absolute atomic E-state index is 0.0256. The number of hydrogen-bond donors (Lipinski definition) is 2. The Bertz CT molecular complexity index is 629. The Kier molecular flexibility index (Phi) is 4.10. The highest BCUT2D eigenvalue weighted by Gasteiger charge is 2.32. The molecule has 2 atom stereocenters. The second kappa shape index (κ2) is 5.49. The first-order chi connectivity index (χ1) is 9.29. The van der Waals surface area contributed by atoms with E-state index in [9.17, 15) is 17.6 Å². The zero-order chi connectivity index (χ0) is 14.9. The highest BCUT2D eigenvalue weighted by Crippen LogP contribution is 2.27. The summed E-state index contributed by atoms with van der Waals surface area (Å²) in [6.07, 6.45) is 1.25. The molecule has 0 heterocycles. The van der Waals surface area contributed by atoms with Crippen molar-refractivity contribution < 1.29 is 22.7 Å². The highest BCUT2D eigenvalue weighted by atomic mass is 32.2. The normalized spacial score (nSPS) is 22.9. The van der Waals surface area contributed by atoms with Gasteiger partial charge in [-0.15, -0.1) is 0 Å². The van der Waals surface area contributed by atoms with Crippen LogP contribution in [0.3, 0.4) is 0 Å². The maximum Gasteiger partial charge on any atom is 0.306 e. The summed E-state index contributed by atoms with van der Waals surface area (Å²) in [5, 5.41) is 8.90. The van der Waals surface area contributed by atoms with E-state index < -0.39 is 27.7 Å². The van der Waals surface area contributed by atoms with E-state index in [1.807, 2.05) is 0 Å². The summed E-state index contributed by atoms with van der Waals surface area (Å²) in [7, 11) is -3.75. The monoisotopic (exact) mass is 301 g/mol. The van der Waals surface area contributed by atoms with Crippen molar-refractivity contribution in [1.82, 2.24) is 4.72 Å². The predicted octanol–water partition coefficient (Wildman–Crippen LogP) is 1.67. The molecule has 0 spiro atoms. The maximum absolute atomic E-state index is 13.0. The number of carboxylic acids is 1. The molecule has 2 rings (SSSR count). The molecule has 1 fully saturated rings. The number of sulfonamides is 1. The summed E-state index contributed by atoms with van der Waals surface area (Å²) < 4.78 is 39.9. The van der Waals surface area contributed by atoms with Gasteiger partial charge in [-0.25, -0.2) is 17.5 Å². The van der Waals surface area contributed by atoms with Crippen LogP contribution in [-0.4, -0.2) is 25.5 Å². The molecule has 110 valence electrons. The van der Waals surface area contributed by atoms with Crippen LogP contribution in [0.25, 0.3) is 0 Å². The number of halogens is 1. The third-order valence-corrected chi connectivity index (χ3v) is 5.21. The number of aliphatic carboxylic acids is 1. The lowest BCUT2D eigenvalue weighted by Gasteiger charge is -2.14. The number of rotatable bonds is 4. The lowest BCUT2D eigenvalue weighted by molar-refractivity contribution is -0.141. The quantitative estimate of drug-likeness (QED) is 0.886. The van der Waals surface area contributed by atoms with Gasteiger partial charge in [0.15, 0.2) is 0 Å². The van der Waals surface area contributed by atoms with Gasteiger partial charge in [0.1, 0.15) is 5.82 Å². The molecule has 1 aliphatic carbocycles. The van der Waals surface area contributed by atoms with Gasteiger partial charge in [0.05, 0.1) is 10.8 Å². The van der Waals surface area contributed by atoms with E-state index in [1.54, 1.807) is 0 Å². The number of benzene rings is 1. The van der Waals surface area contributed by atoms with E-state index in [4.69, 9.17) is 5.11 Å². The molecule has 0 bridgehead atoms. The Hall–Kier alpha value is -1.47. The van der Waals surface area contributed by atoms with Crippen LogP contribution in [0.4, 0.5) is 4.39 Å². The van der Waals surface area contributed by atoms with Crippen molar-refractivity contribution in [3.8, 4) is 0 Å². The van der Waals surface area contributed by atoms with Gasteiger partial charge in [-0.05, 0) is 49.9 Å². The summed E-state index contributed by atoms with van der Waals surface area (Å²) in [6, 6.07) is 3.08. The Balaban J connectivity index is 2.14. The molecule has 0 aliphatic heterocycles. The number of carbonyl (C=O) groups is 1. The van der Waals surface area contributed by atoms with E-state index >= 15 is 0 Å². The SMILES string of the molecule is Cc1cc(F)ccc1S(=O)(=O)N[C@@H]1CC[C@H](C(=O)O)C1. The average Bonchev–Trinajstić information content (AvgIpc) is 2.76. The van der Waals surface area contributed by atoms with Crippen LogP contribution >= 0.6 is 0 Å². The van der Waals surface area contributed by atoms with Gasteiger partial charge >= 0.3 is 5.97 Å². The molecule has 7 heteroatoms. The largest absolute Gasteiger partial charge is 0.481 e. The third kappa shape index (κ3) is 3.16. The summed E-state index contributed by atoms with van der Waals surface area (Å²) >= 11 is 0. The first kappa shape index (κ1) is 14.9. The fraction of sp³-hybridized carbons (Fsp3) is 0.462. The first-order valence-corrected chi connectivity index (χ1v) is 7.79.